The number of carbonyl (C=O) groups is 1. The van der Waals surface area contributed by atoms with Crippen molar-refractivity contribution in [2.45, 2.75) is 39.5 Å². The minimum Gasteiger partial charge on any atom is -0.477 e. The van der Waals surface area contributed by atoms with Gasteiger partial charge in [-0.2, -0.15) is 5.26 Å². The Kier molecular flexibility index (Phi) is 11.2. The van der Waals surface area contributed by atoms with E-state index in [2.05, 4.69) is 49.1 Å². The molecule has 202 valence electrons. The van der Waals surface area contributed by atoms with Crippen molar-refractivity contribution in [3.05, 3.63) is 92.2 Å². The molecule has 0 aliphatic rings. The lowest BCUT2D eigenvalue weighted by molar-refractivity contribution is -0.132. The Morgan fingerprint density at radius 2 is 1.44 bits per heavy atom. The zero-order valence-corrected chi connectivity index (χ0v) is 23.0. The number of carboxylic acids is 1. The SMILES string of the molecule is CCCCN(CCCC)c1ccc(C=Cc2ccc(C=Cc3cc(F)c(C=C(C#N)C(=O)O)c(F)c3)s2)cc1. The molecule has 0 atom stereocenters. The van der Waals surface area contributed by atoms with Crippen LogP contribution in [0.3, 0.4) is 0 Å². The van der Waals surface area contributed by atoms with Gasteiger partial charge in [0.05, 0.1) is 0 Å². The minimum atomic E-state index is -1.55. The van der Waals surface area contributed by atoms with Crippen molar-refractivity contribution < 1.29 is 18.7 Å². The summed E-state index contributed by atoms with van der Waals surface area (Å²) in [6.45, 7) is 6.58. The van der Waals surface area contributed by atoms with E-state index in [0.29, 0.717) is 6.08 Å². The fourth-order valence-electron chi connectivity index (χ4n) is 3.89. The van der Waals surface area contributed by atoms with Gasteiger partial charge in [0.15, 0.2) is 0 Å². The van der Waals surface area contributed by atoms with Gasteiger partial charge >= 0.3 is 5.97 Å². The zero-order chi connectivity index (χ0) is 28.2. The van der Waals surface area contributed by atoms with Crippen molar-refractivity contribution in [3.63, 3.8) is 0 Å². The molecule has 0 radical (unpaired) electrons. The number of rotatable bonds is 13. The van der Waals surface area contributed by atoms with Crippen LogP contribution in [-0.4, -0.2) is 24.2 Å². The van der Waals surface area contributed by atoms with E-state index in [1.165, 1.54) is 37.4 Å². The van der Waals surface area contributed by atoms with E-state index < -0.39 is 28.7 Å². The lowest BCUT2D eigenvalue weighted by atomic mass is 10.1. The number of thiophene rings is 1. The summed E-state index contributed by atoms with van der Waals surface area (Å²) in [6.07, 6.45) is 12.9. The number of nitrogens with zero attached hydrogens (tertiary/aromatic N) is 2. The van der Waals surface area contributed by atoms with Gasteiger partial charge in [-0.3, -0.25) is 0 Å². The second-order valence-corrected chi connectivity index (χ2v) is 10.2. The Morgan fingerprint density at radius 3 is 1.92 bits per heavy atom. The number of hydrogen-bond donors (Lipinski definition) is 1. The van der Waals surface area contributed by atoms with Gasteiger partial charge in [0.25, 0.3) is 0 Å². The highest BCUT2D eigenvalue weighted by Gasteiger charge is 2.13. The van der Waals surface area contributed by atoms with Crippen LogP contribution in [-0.2, 0) is 4.79 Å². The molecule has 39 heavy (non-hydrogen) atoms. The number of hydrogen-bond acceptors (Lipinski definition) is 4. The van der Waals surface area contributed by atoms with Crippen LogP contribution in [0.2, 0.25) is 0 Å². The van der Waals surface area contributed by atoms with E-state index >= 15 is 0 Å². The number of benzene rings is 2. The fraction of sp³-hybridized carbons (Fsp3) is 0.250. The Hall–Kier alpha value is -4.02. The molecular weight excluding hydrogens is 514 g/mol. The molecule has 0 unspecified atom stereocenters. The minimum absolute atomic E-state index is 0.286. The molecule has 0 spiro atoms. The number of anilines is 1. The van der Waals surface area contributed by atoms with Gasteiger partial charge in [-0.1, -0.05) is 51.0 Å². The van der Waals surface area contributed by atoms with Gasteiger partial charge in [-0.05, 0) is 78.6 Å². The standard InChI is InChI=1S/C32H32F2N2O2S/c1-3-5-17-36(18-6-4-2)26-11-7-23(8-12-26)9-13-27-15-16-28(39-27)14-10-24-19-30(33)29(31(34)20-24)21-25(22-35)32(37)38/h7-16,19-21H,3-6,17-18H2,1-2H3,(H,37,38). The van der Waals surface area contributed by atoms with Crippen LogP contribution in [0.4, 0.5) is 14.5 Å². The monoisotopic (exact) mass is 546 g/mol. The first-order valence-corrected chi connectivity index (χ1v) is 13.8. The topological polar surface area (TPSA) is 64.3 Å². The molecule has 0 saturated carbocycles. The lowest BCUT2D eigenvalue weighted by Crippen LogP contribution is -2.25. The molecule has 0 bridgehead atoms. The maximum absolute atomic E-state index is 14.4. The molecule has 0 amide bonds. The molecule has 0 fully saturated rings. The largest absolute Gasteiger partial charge is 0.477 e. The molecule has 0 aliphatic carbocycles. The van der Waals surface area contributed by atoms with Gasteiger partial charge in [0, 0.05) is 34.1 Å². The van der Waals surface area contributed by atoms with Crippen molar-refractivity contribution in [1.29, 1.82) is 5.26 Å². The summed E-state index contributed by atoms with van der Waals surface area (Å²) in [4.78, 5) is 15.4. The summed E-state index contributed by atoms with van der Waals surface area (Å²) >= 11 is 1.54. The van der Waals surface area contributed by atoms with Gasteiger partial charge < -0.3 is 10.0 Å². The fourth-order valence-corrected chi connectivity index (χ4v) is 4.71. The quantitative estimate of drug-likeness (QED) is 0.172. The highest BCUT2D eigenvalue weighted by Crippen LogP contribution is 2.24. The van der Waals surface area contributed by atoms with E-state index in [-0.39, 0.29) is 5.56 Å². The third-order valence-corrected chi connectivity index (χ3v) is 7.11. The molecule has 2 aromatic carbocycles. The maximum Gasteiger partial charge on any atom is 0.346 e. The zero-order valence-electron chi connectivity index (χ0n) is 22.2. The molecule has 3 rings (SSSR count). The highest BCUT2D eigenvalue weighted by atomic mass is 32.1. The van der Waals surface area contributed by atoms with Crippen LogP contribution in [0, 0.1) is 23.0 Å². The molecule has 3 aromatic rings. The molecule has 0 aliphatic heterocycles. The van der Waals surface area contributed by atoms with Crippen molar-refractivity contribution >= 4 is 53.4 Å². The van der Waals surface area contributed by atoms with Crippen LogP contribution in [0.5, 0.6) is 0 Å². The van der Waals surface area contributed by atoms with Crippen molar-refractivity contribution in [2.24, 2.45) is 0 Å². The van der Waals surface area contributed by atoms with Crippen LogP contribution >= 0.6 is 11.3 Å². The van der Waals surface area contributed by atoms with Crippen LogP contribution < -0.4 is 4.90 Å². The number of carboxylic acid groups (broad SMARTS) is 1. The third kappa shape index (κ3) is 8.76. The predicted octanol–water partition coefficient (Wildman–Crippen LogP) is 8.77. The van der Waals surface area contributed by atoms with Gasteiger partial charge in [-0.25, -0.2) is 13.6 Å². The van der Waals surface area contributed by atoms with E-state index in [0.717, 1.165) is 40.5 Å². The van der Waals surface area contributed by atoms with E-state index in [1.54, 1.807) is 23.5 Å². The van der Waals surface area contributed by atoms with Gasteiger partial charge in [0.2, 0.25) is 0 Å². The maximum atomic E-state index is 14.4. The smallest absolute Gasteiger partial charge is 0.346 e. The van der Waals surface area contributed by atoms with Crippen molar-refractivity contribution in [1.82, 2.24) is 0 Å². The van der Waals surface area contributed by atoms with E-state index in [1.807, 2.05) is 18.2 Å². The van der Waals surface area contributed by atoms with E-state index in [4.69, 9.17) is 10.4 Å². The third-order valence-electron chi connectivity index (χ3n) is 6.09. The first-order chi connectivity index (χ1) is 18.8. The Balaban J connectivity index is 1.67. The Bertz CT molecular complexity index is 1370. The predicted molar refractivity (Wildman–Crippen MR) is 158 cm³/mol. The summed E-state index contributed by atoms with van der Waals surface area (Å²) in [5.74, 6) is -3.43. The van der Waals surface area contributed by atoms with Crippen molar-refractivity contribution in [3.8, 4) is 6.07 Å². The van der Waals surface area contributed by atoms with Crippen molar-refractivity contribution in [2.75, 3.05) is 18.0 Å². The molecular formula is C32H32F2N2O2S. The number of halogens is 2. The number of nitriles is 1. The normalized spacial score (nSPS) is 11.8. The first kappa shape index (κ1) is 29.5. The van der Waals surface area contributed by atoms with E-state index in [9.17, 15) is 13.6 Å². The summed E-state index contributed by atoms with van der Waals surface area (Å²) in [5, 5.41) is 17.7. The second-order valence-electron chi connectivity index (χ2n) is 9.07. The molecule has 7 heteroatoms. The Morgan fingerprint density at radius 1 is 0.897 bits per heavy atom. The molecule has 1 N–H and O–H groups in total. The van der Waals surface area contributed by atoms with Crippen LogP contribution in [0.1, 0.15) is 66.0 Å². The average molecular weight is 547 g/mol. The molecule has 4 nitrogen and oxygen atoms in total. The Labute approximate surface area is 232 Å². The first-order valence-electron chi connectivity index (χ1n) is 13.0. The second kappa shape index (κ2) is 14.8. The summed E-state index contributed by atoms with van der Waals surface area (Å²) in [7, 11) is 0. The summed E-state index contributed by atoms with van der Waals surface area (Å²) in [5.41, 5.74) is 1.34. The molecule has 1 aromatic heterocycles. The van der Waals surface area contributed by atoms with Crippen LogP contribution in [0.15, 0.2) is 54.1 Å². The van der Waals surface area contributed by atoms with Gasteiger partial charge in [0.1, 0.15) is 23.3 Å². The lowest BCUT2D eigenvalue weighted by Gasteiger charge is -2.24. The number of unbranched alkanes of at least 4 members (excludes halogenated alkanes) is 2. The summed E-state index contributed by atoms with van der Waals surface area (Å²) < 4.78 is 28.8. The molecule has 0 saturated heterocycles. The van der Waals surface area contributed by atoms with Crippen LogP contribution in [0.25, 0.3) is 30.4 Å². The van der Waals surface area contributed by atoms with Gasteiger partial charge in [-0.15, -0.1) is 11.3 Å². The number of aliphatic carboxylic acids is 1. The molecule has 1 heterocycles. The average Bonchev–Trinajstić information content (AvgIpc) is 3.38. The summed E-state index contributed by atoms with van der Waals surface area (Å²) in [6, 6.07) is 16.1. The highest BCUT2D eigenvalue weighted by molar-refractivity contribution is 7.13.